The molecule has 0 rings (SSSR count). The van der Waals surface area contributed by atoms with Crippen molar-refractivity contribution in [1.82, 2.24) is 0 Å². The summed E-state index contributed by atoms with van der Waals surface area (Å²) in [5.41, 5.74) is 4.94. The van der Waals surface area contributed by atoms with Gasteiger partial charge in [0, 0.05) is 6.04 Å². The summed E-state index contributed by atoms with van der Waals surface area (Å²) in [7, 11) is 0. The molecular weight excluding hydrogens is 114 g/mol. The number of rotatable bonds is 3. The van der Waals surface area contributed by atoms with Crippen molar-refractivity contribution in [2.45, 2.75) is 45.3 Å². The van der Waals surface area contributed by atoms with Gasteiger partial charge in [0.25, 0.3) is 0 Å². The van der Waals surface area contributed by atoms with E-state index in [1.54, 1.807) is 6.92 Å². The number of hydrogen-bond acceptors (Lipinski definition) is 2. The van der Waals surface area contributed by atoms with Crippen LogP contribution in [0.2, 0.25) is 0 Å². The Hall–Kier alpha value is -0.0800. The number of hydrogen-bond donors (Lipinski definition) is 2. The van der Waals surface area contributed by atoms with Crippen LogP contribution in [-0.2, 0) is 0 Å². The van der Waals surface area contributed by atoms with Gasteiger partial charge in [0.15, 0.2) is 0 Å². The molecule has 0 fully saturated rings. The monoisotopic (exact) mass is 131 g/mol. The Labute approximate surface area is 57.1 Å². The summed E-state index contributed by atoms with van der Waals surface area (Å²) in [4.78, 5) is 0. The van der Waals surface area contributed by atoms with Crippen molar-refractivity contribution in [2.75, 3.05) is 0 Å². The van der Waals surface area contributed by atoms with Gasteiger partial charge in [-0.25, -0.2) is 0 Å². The highest BCUT2D eigenvalue weighted by atomic mass is 16.3. The lowest BCUT2D eigenvalue weighted by molar-refractivity contribution is 0.0278. The molecule has 0 aliphatic carbocycles. The molecule has 0 saturated heterocycles. The van der Waals surface area contributed by atoms with Gasteiger partial charge in [-0.15, -0.1) is 0 Å². The molecule has 0 aromatic heterocycles. The predicted octanol–water partition coefficient (Wildman–Crippen LogP) is 0.885. The minimum absolute atomic E-state index is 0.0810. The van der Waals surface area contributed by atoms with Gasteiger partial charge in [0.1, 0.15) is 0 Å². The zero-order valence-corrected chi connectivity index (χ0v) is 6.52. The SMILES string of the molecule is CCC(N)C(C)(O)CC. The summed E-state index contributed by atoms with van der Waals surface area (Å²) in [6.45, 7) is 5.70. The minimum atomic E-state index is -0.672. The van der Waals surface area contributed by atoms with Crippen LogP contribution in [0.1, 0.15) is 33.6 Å². The van der Waals surface area contributed by atoms with E-state index in [9.17, 15) is 5.11 Å². The maximum atomic E-state index is 9.47. The average Bonchev–Trinajstić information content (AvgIpc) is 1.86. The van der Waals surface area contributed by atoms with Crippen molar-refractivity contribution in [3.8, 4) is 0 Å². The Bertz CT molecular complexity index is 81.0. The molecule has 2 nitrogen and oxygen atoms in total. The molecule has 0 saturated carbocycles. The van der Waals surface area contributed by atoms with Crippen molar-refractivity contribution in [2.24, 2.45) is 5.73 Å². The Balaban J connectivity index is 3.80. The standard InChI is InChI=1S/C7H17NO/c1-4-6(8)7(3,9)5-2/h6,9H,4-5,8H2,1-3H3. The number of aliphatic hydroxyl groups is 1. The molecule has 0 amide bonds. The van der Waals surface area contributed by atoms with Gasteiger partial charge in [-0.3, -0.25) is 0 Å². The Morgan fingerprint density at radius 3 is 2.11 bits per heavy atom. The zero-order chi connectivity index (χ0) is 7.49. The fourth-order valence-electron chi connectivity index (χ4n) is 0.702. The third-order valence-corrected chi connectivity index (χ3v) is 1.95. The highest BCUT2D eigenvalue weighted by Crippen LogP contribution is 2.13. The van der Waals surface area contributed by atoms with Crippen molar-refractivity contribution < 1.29 is 5.11 Å². The normalized spacial score (nSPS) is 21.0. The van der Waals surface area contributed by atoms with E-state index < -0.39 is 5.60 Å². The maximum absolute atomic E-state index is 9.47. The van der Waals surface area contributed by atoms with E-state index in [1.807, 2.05) is 13.8 Å². The first-order valence-electron chi connectivity index (χ1n) is 3.52. The maximum Gasteiger partial charge on any atom is 0.0767 e. The first-order chi connectivity index (χ1) is 4.04. The van der Waals surface area contributed by atoms with E-state index in [4.69, 9.17) is 5.73 Å². The highest BCUT2D eigenvalue weighted by molar-refractivity contribution is 4.82. The van der Waals surface area contributed by atoms with Crippen molar-refractivity contribution in [3.63, 3.8) is 0 Å². The smallest absolute Gasteiger partial charge is 0.0767 e. The van der Waals surface area contributed by atoms with E-state index in [-0.39, 0.29) is 6.04 Å². The van der Waals surface area contributed by atoms with Crippen molar-refractivity contribution >= 4 is 0 Å². The molecule has 3 N–H and O–H groups in total. The second kappa shape index (κ2) is 3.18. The molecule has 2 heteroatoms. The summed E-state index contributed by atoms with van der Waals surface area (Å²) in [5, 5.41) is 9.47. The van der Waals surface area contributed by atoms with Crippen LogP contribution in [0.15, 0.2) is 0 Å². The van der Waals surface area contributed by atoms with Gasteiger partial charge < -0.3 is 10.8 Å². The largest absolute Gasteiger partial charge is 0.389 e. The van der Waals surface area contributed by atoms with E-state index in [1.165, 1.54) is 0 Å². The molecule has 0 aliphatic rings. The van der Waals surface area contributed by atoms with Crippen LogP contribution >= 0.6 is 0 Å². The second-order valence-corrected chi connectivity index (χ2v) is 2.73. The van der Waals surface area contributed by atoms with Gasteiger partial charge >= 0.3 is 0 Å². The van der Waals surface area contributed by atoms with E-state index in [2.05, 4.69) is 0 Å². The fourth-order valence-corrected chi connectivity index (χ4v) is 0.702. The van der Waals surface area contributed by atoms with Crippen LogP contribution in [-0.4, -0.2) is 16.7 Å². The van der Waals surface area contributed by atoms with Gasteiger partial charge in [-0.05, 0) is 19.8 Å². The molecule has 0 radical (unpaired) electrons. The highest BCUT2D eigenvalue weighted by Gasteiger charge is 2.24. The molecule has 2 atom stereocenters. The molecule has 9 heavy (non-hydrogen) atoms. The molecule has 0 aromatic carbocycles. The molecule has 0 spiro atoms. The van der Waals surface area contributed by atoms with Gasteiger partial charge in [-0.2, -0.15) is 0 Å². The van der Waals surface area contributed by atoms with Crippen LogP contribution in [0.5, 0.6) is 0 Å². The third kappa shape index (κ3) is 2.33. The first-order valence-corrected chi connectivity index (χ1v) is 3.52. The lowest BCUT2D eigenvalue weighted by Gasteiger charge is -2.27. The molecule has 56 valence electrons. The first kappa shape index (κ1) is 8.92. The topological polar surface area (TPSA) is 46.2 Å². The quantitative estimate of drug-likeness (QED) is 0.597. The molecular formula is C7H17NO. The van der Waals surface area contributed by atoms with E-state index >= 15 is 0 Å². The molecule has 0 aliphatic heterocycles. The van der Waals surface area contributed by atoms with Gasteiger partial charge in [-0.1, -0.05) is 13.8 Å². The Morgan fingerprint density at radius 1 is 1.56 bits per heavy atom. The van der Waals surface area contributed by atoms with Gasteiger partial charge in [0.2, 0.25) is 0 Å². The Morgan fingerprint density at radius 2 is 2.00 bits per heavy atom. The summed E-state index contributed by atoms with van der Waals surface area (Å²) < 4.78 is 0. The third-order valence-electron chi connectivity index (χ3n) is 1.95. The van der Waals surface area contributed by atoms with Crippen LogP contribution in [0.3, 0.4) is 0 Å². The Kier molecular flexibility index (Phi) is 3.15. The summed E-state index contributed by atoms with van der Waals surface area (Å²) in [6.07, 6.45) is 1.56. The van der Waals surface area contributed by atoms with Crippen LogP contribution in [0.25, 0.3) is 0 Å². The van der Waals surface area contributed by atoms with Crippen LogP contribution < -0.4 is 5.73 Å². The van der Waals surface area contributed by atoms with E-state index in [0.29, 0.717) is 0 Å². The average molecular weight is 131 g/mol. The molecule has 0 aromatic rings. The van der Waals surface area contributed by atoms with Crippen molar-refractivity contribution in [3.05, 3.63) is 0 Å². The summed E-state index contributed by atoms with van der Waals surface area (Å²) in [6, 6.07) is -0.0810. The van der Waals surface area contributed by atoms with Crippen molar-refractivity contribution in [1.29, 1.82) is 0 Å². The lowest BCUT2D eigenvalue weighted by Crippen LogP contribution is -2.44. The minimum Gasteiger partial charge on any atom is -0.389 e. The fraction of sp³-hybridized carbons (Fsp3) is 1.00. The van der Waals surface area contributed by atoms with Gasteiger partial charge in [0.05, 0.1) is 5.60 Å². The lowest BCUT2D eigenvalue weighted by atomic mass is 9.93. The van der Waals surface area contributed by atoms with Crippen LogP contribution in [0, 0.1) is 0 Å². The second-order valence-electron chi connectivity index (χ2n) is 2.73. The molecule has 0 heterocycles. The zero-order valence-electron chi connectivity index (χ0n) is 6.52. The molecule has 0 bridgehead atoms. The molecule has 2 unspecified atom stereocenters. The van der Waals surface area contributed by atoms with E-state index in [0.717, 1.165) is 12.8 Å². The van der Waals surface area contributed by atoms with Crippen LogP contribution in [0.4, 0.5) is 0 Å². The summed E-state index contributed by atoms with van der Waals surface area (Å²) in [5.74, 6) is 0. The number of nitrogens with two attached hydrogens (primary N) is 1. The summed E-state index contributed by atoms with van der Waals surface area (Å²) >= 11 is 0. The predicted molar refractivity (Wildman–Crippen MR) is 39.2 cm³/mol.